The molecule has 0 unspecified atom stereocenters. The molecule has 0 amide bonds. The monoisotopic (exact) mass is 162 g/mol. The van der Waals surface area contributed by atoms with Gasteiger partial charge in [-0.05, 0) is 31.0 Å². The first-order valence-corrected chi connectivity index (χ1v) is 3.58. The minimum atomic E-state index is 0.110. The molecular weight excluding hydrogens is 152 g/mol. The van der Waals surface area contributed by atoms with Crippen molar-refractivity contribution in [2.24, 2.45) is 0 Å². The zero-order valence-corrected chi connectivity index (χ0v) is 7.09. The van der Waals surface area contributed by atoms with Crippen molar-refractivity contribution in [3.8, 4) is 24.0 Å². The van der Waals surface area contributed by atoms with Gasteiger partial charge in [0, 0.05) is 0 Å². The van der Waals surface area contributed by atoms with E-state index in [0.717, 1.165) is 11.1 Å². The van der Waals surface area contributed by atoms with Crippen molar-refractivity contribution in [3.05, 3.63) is 23.3 Å². The number of aromatic hydroxyl groups is 1. The van der Waals surface area contributed by atoms with E-state index in [1.54, 1.807) is 13.0 Å². The van der Waals surface area contributed by atoms with Crippen molar-refractivity contribution in [3.63, 3.8) is 0 Å². The van der Waals surface area contributed by atoms with Crippen LogP contribution in [-0.2, 0) is 0 Å². The molecule has 0 heterocycles. The maximum atomic E-state index is 9.43. The molecule has 2 nitrogen and oxygen atoms in total. The first-order valence-electron chi connectivity index (χ1n) is 3.58. The van der Waals surface area contributed by atoms with E-state index in [1.165, 1.54) is 0 Å². The van der Waals surface area contributed by atoms with Crippen molar-refractivity contribution in [1.29, 1.82) is 0 Å². The fourth-order valence-corrected chi connectivity index (χ4v) is 1.06. The Morgan fingerprint density at radius 3 is 2.67 bits per heavy atom. The third-order valence-electron chi connectivity index (χ3n) is 1.58. The molecule has 1 aromatic rings. The second-order valence-corrected chi connectivity index (χ2v) is 2.65. The summed E-state index contributed by atoms with van der Waals surface area (Å²) < 4.78 is 4.78. The van der Waals surface area contributed by atoms with Crippen molar-refractivity contribution < 1.29 is 9.84 Å². The minimum Gasteiger partial charge on any atom is -0.504 e. The molecule has 0 fully saturated rings. The lowest BCUT2D eigenvalue weighted by atomic mass is 10.1. The molecule has 12 heavy (non-hydrogen) atoms. The Kier molecular flexibility index (Phi) is 2.25. The molecule has 0 spiro atoms. The van der Waals surface area contributed by atoms with Gasteiger partial charge in [-0.3, -0.25) is 0 Å². The number of benzene rings is 1. The van der Waals surface area contributed by atoms with E-state index < -0.39 is 0 Å². The number of aryl methyl sites for hydroxylation is 2. The second kappa shape index (κ2) is 3.19. The highest BCUT2D eigenvalue weighted by atomic mass is 16.5. The van der Waals surface area contributed by atoms with Gasteiger partial charge in [0.05, 0.1) is 0 Å². The number of rotatable bonds is 1. The molecule has 1 aromatic carbocycles. The summed E-state index contributed by atoms with van der Waals surface area (Å²) in [6.45, 7) is 3.71. The van der Waals surface area contributed by atoms with Crippen LogP contribution in [-0.4, -0.2) is 5.11 Å². The highest BCUT2D eigenvalue weighted by molar-refractivity contribution is 5.48. The van der Waals surface area contributed by atoms with Crippen molar-refractivity contribution >= 4 is 0 Å². The topological polar surface area (TPSA) is 29.5 Å². The number of terminal acetylenes is 1. The average molecular weight is 162 g/mol. The van der Waals surface area contributed by atoms with Crippen LogP contribution in [0.3, 0.4) is 0 Å². The first kappa shape index (κ1) is 8.48. The number of hydrogen-bond acceptors (Lipinski definition) is 2. The van der Waals surface area contributed by atoms with E-state index in [1.807, 2.05) is 19.1 Å². The lowest BCUT2D eigenvalue weighted by Crippen LogP contribution is -1.86. The van der Waals surface area contributed by atoms with Gasteiger partial charge in [-0.2, -0.15) is 0 Å². The summed E-state index contributed by atoms with van der Waals surface area (Å²) in [6.07, 6.45) is 6.97. The summed E-state index contributed by atoms with van der Waals surface area (Å²) in [4.78, 5) is 0. The van der Waals surface area contributed by atoms with Crippen LogP contribution in [0.4, 0.5) is 0 Å². The predicted molar refractivity (Wildman–Crippen MR) is 47.0 cm³/mol. The summed E-state index contributed by atoms with van der Waals surface area (Å²) in [7, 11) is 0. The molecule has 0 bridgehead atoms. The Balaban J connectivity index is 3.20. The summed E-state index contributed by atoms with van der Waals surface area (Å²) in [5, 5.41) is 9.43. The number of phenolic OH excluding ortho intramolecular Hbond substituents is 1. The zero-order valence-electron chi connectivity index (χ0n) is 7.09. The number of ether oxygens (including phenoxy) is 1. The predicted octanol–water partition coefficient (Wildman–Crippen LogP) is 1.98. The van der Waals surface area contributed by atoms with Gasteiger partial charge in [0.15, 0.2) is 11.5 Å². The molecule has 0 aliphatic rings. The molecular formula is C10H10O2. The van der Waals surface area contributed by atoms with Crippen LogP contribution >= 0.6 is 0 Å². The standard InChI is InChI=1S/C10H10O2/c1-4-12-9-6-7(2)5-8(3)10(9)11/h1,5-6,11H,2-3H3. The van der Waals surface area contributed by atoms with Gasteiger partial charge < -0.3 is 9.84 Å². The van der Waals surface area contributed by atoms with Crippen LogP contribution < -0.4 is 4.74 Å². The van der Waals surface area contributed by atoms with Crippen LogP contribution in [0.1, 0.15) is 11.1 Å². The summed E-state index contributed by atoms with van der Waals surface area (Å²) in [5.74, 6) is 0.452. The van der Waals surface area contributed by atoms with E-state index in [0.29, 0.717) is 5.75 Å². The van der Waals surface area contributed by atoms with Crippen molar-refractivity contribution in [2.45, 2.75) is 13.8 Å². The van der Waals surface area contributed by atoms with Gasteiger partial charge in [-0.25, -0.2) is 0 Å². The smallest absolute Gasteiger partial charge is 0.182 e. The lowest BCUT2D eigenvalue weighted by molar-refractivity contribution is 0.421. The van der Waals surface area contributed by atoms with Crippen molar-refractivity contribution in [1.82, 2.24) is 0 Å². The lowest BCUT2D eigenvalue weighted by Gasteiger charge is -2.05. The highest BCUT2D eigenvalue weighted by Gasteiger charge is 2.05. The van der Waals surface area contributed by atoms with Crippen LogP contribution in [0, 0.1) is 26.4 Å². The zero-order chi connectivity index (χ0) is 9.14. The van der Waals surface area contributed by atoms with Crippen LogP contribution in [0.15, 0.2) is 12.1 Å². The van der Waals surface area contributed by atoms with Gasteiger partial charge in [-0.15, -0.1) is 0 Å². The van der Waals surface area contributed by atoms with Gasteiger partial charge >= 0.3 is 0 Å². The Hall–Kier alpha value is -1.62. The van der Waals surface area contributed by atoms with E-state index in [4.69, 9.17) is 11.2 Å². The molecule has 0 aliphatic heterocycles. The Morgan fingerprint density at radius 1 is 1.42 bits per heavy atom. The fourth-order valence-electron chi connectivity index (χ4n) is 1.06. The first-order chi connectivity index (χ1) is 5.65. The fraction of sp³-hybridized carbons (Fsp3) is 0.200. The molecule has 1 N–H and O–H groups in total. The molecule has 62 valence electrons. The molecule has 0 atom stereocenters. The Labute approximate surface area is 71.8 Å². The van der Waals surface area contributed by atoms with Gasteiger partial charge in [0.2, 0.25) is 0 Å². The van der Waals surface area contributed by atoms with Crippen LogP contribution in [0.2, 0.25) is 0 Å². The van der Waals surface area contributed by atoms with E-state index in [2.05, 4.69) is 0 Å². The molecule has 0 saturated heterocycles. The van der Waals surface area contributed by atoms with Gasteiger partial charge in [0.1, 0.15) is 6.11 Å². The average Bonchev–Trinajstić information content (AvgIpc) is 2.00. The van der Waals surface area contributed by atoms with E-state index in [-0.39, 0.29) is 5.75 Å². The van der Waals surface area contributed by atoms with Gasteiger partial charge in [-0.1, -0.05) is 12.5 Å². The third kappa shape index (κ3) is 1.51. The summed E-state index contributed by atoms with van der Waals surface area (Å²) in [5.41, 5.74) is 1.77. The van der Waals surface area contributed by atoms with E-state index in [9.17, 15) is 5.11 Å². The molecule has 1 rings (SSSR count). The quantitative estimate of drug-likeness (QED) is 0.640. The highest BCUT2D eigenvalue weighted by Crippen LogP contribution is 2.30. The normalized spacial score (nSPS) is 9.08. The maximum absolute atomic E-state index is 9.43. The minimum absolute atomic E-state index is 0.110. The Morgan fingerprint density at radius 2 is 2.08 bits per heavy atom. The molecule has 2 heteroatoms. The largest absolute Gasteiger partial charge is 0.504 e. The van der Waals surface area contributed by atoms with Gasteiger partial charge in [0.25, 0.3) is 0 Å². The van der Waals surface area contributed by atoms with E-state index >= 15 is 0 Å². The number of phenols is 1. The SMILES string of the molecule is C#COc1cc(C)cc(C)c1O. The molecule has 0 aromatic heterocycles. The maximum Gasteiger partial charge on any atom is 0.182 e. The van der Waals surface area contributed by atoms with Crippen molar-refractivity contribution in [2.75, 3.05) is 0 Å². The Bertz CT molecular complexity index is 334. The molecule has 0 aliphatic carbocycles. The third-order valence-corrected chi connectivity index (χ3v) is 1.58. The summed E-state index contributed by atoms with van der Waals surface area (Å²) in [6, 6.07) is 3.56. The second-order valence-electron chi connectivity index (χ2n) is 2.65. The summed E-state index contributed by atoms with van der Waals surface area (Å²) >= 11 is 0. The molecule has 0 radical (unpaired) electrons. The van der Waals surface area contributed by atoms with Crippen LogP contribution in [0.5, 0.6) is 11.5 Å². The van der Waals surface area contributed by atoms with Crippen LogP contribution in [0.25, 0.3) is 0 Å². The molecule has 0 saturated carbocycles. The number of hydrogen-bond donors (Lipinski definition) is 1.